The molecule has 0 aliphatic carbocycles. The third kappa shape index (κ3) is 4.02. The number of nitrogens with one attached hydrogen (secondary N) is 1. The first-order valence-corrected chi connectivity index (χ1v) is 9.55. The predicted octanol–water partition coefficient (Wildman–Crippen LogP) is 3.48. The number of carbonyl (C=O) groups excluding carboxylic acids is 1. The van der Waals surface area contributed by atoms with Crippen LogP contribution in [0.25, 0.3) is 10.9 Å². The van der Waals surface area contributed by atoms with E-state index < -0.39 is 17.8 Å². The molecule has 1 aliphatic rings. The summed E-state index contributed by atoms with van der Waals surface area (Å²) in [4.78, 5) is 23.8. The van der Waals surface area contributed by atoms with Crippen LogP contribution in [0.3, 0.4) is 0 Å². The molecule has 0 saturated carbocycles. The minimum Gasteiger partial charge on any atom is -0.360 e. The van der Waals surface area contributed by atoms with E-state index in [2.05, 4.69) is 30.5 Å². The minimum absolute atomic E-state index is 0.0854. The first kappa shape index (κ1) is 21.0. The second-order valence-corrected chi connectivity index (χ2v) is 7.34. The quantitative estimate of drug-likeness (QED) is 0.653. The lowest BCUT2D eigenvalue weighted by atomic mass is 10.1. The molecular formula is C18H16ClF3N8O. The Balaban J connectivity index is 1.70. The number of fused-ring (bicyclic) bond motifs is 1. The fourth-order valence-corrected chi connectivity index (χ4v) is 3.50. The second-order valence-electron chi connectivity index (χ2n) is 6.90. The molecule has 3 heterocycles. The molecule has 0 bridgehead atoms. The van der Waals surface area contributed by atoms with Crippen LogP contribution in [0.1, 0.15) is 37.2 Å². The van der Waals surface area contributed by atoms with Crippen LogP contribution >= 0.6 is 11.6 Å². The molecule has 3 aromatic rings. The molecule has 4 rings (SSSR count). The highest BCUT2D eigenvalue weighted by Gasteiger charge is 2.34. The number of alkyl halides is 3. The Morgan fingerprint density at radius 3 is 2.65 bits per heavy atom. The maximum atomic E-state index is 13.4. The molecule has 9 nitrogen and oxygen atoms in total. The van der Waals surface area contributed by atoms with Gasteiger partial charge >= 0.3 is 6.18 Å². The number of anilines is 1. The van der Waals surface area contributed by atoms with Crippen LogP contribution in [-0.2, 0) is 11.0 Å². The summed E-state index contributed by atoms with van der Waals surface area (Å²) in [6.45, 7) is 1.75. The van der Waals surface area contributed by atoms with Gasteiger partial charge in [0.05, 0.1) is 17.1 Å². The Morgan fingerprint density at radius 1 is 1.16 bits per heavy atom. The Bertz CT molecular complexity index is 1190. The molecule has 0 unspecified atom stereocenters. The Morgan fingerprint density at radius 2 is 1.94 bits per heavy atom. The van der Waals surface area contributed by atoms with Gasteiger partial charge in [-0.3, -0.25) is 4.79 Å². The van der Waals surface area contributed by atoms with Crippen LogP contribution in [0.2, 0.25) is 5.02 Å². The lowest BCUT2D eigenvalue weighted by molar-refractivity contribution is -0.136. The molecule has 1 aromatic carbocycles. The molecule has 0 radical (unpaired) electrons. The molecule has 0 saturated heterocycles. The van der Waals surface area contributed by atoms with Crippen LogP contribution in [-0.4, -0.2) is 48.5 Å². The Labute approximate surface area is 178 Å². The van der Waals surface area contributed by atoms with Gasteiger partial charge in [-0.2, -0.15) is 28.1 Å². The van der Waals surface area contributed by atoms with Crippen LogP contribution in [0, 0.1) is 0 Å². The third-order valence-corrected chi connectivity index (χ3v) is 4.98. The van der Waals surface area contributed by atoms with Gasteiger partial charge in [0.25, 0.3) is 0 Å². The number of amides is 1. The van der Waals surface area contributed by atoms with E-state index in [0.29, 0.717) is 18.1 Å². The molecule has 1 atom stereocenters. The molecule has 0 fully saturated rings. The maximum Gasteiger partial charge on any atom is 0.418 e. The first-order valence-electron chi connectivity index (χ1n) is 9.17. The van der Waals surface area contributed by atoms with Crippen molar-refractivity contribution in [3.63, 3.8) is 0 Å². The lowest BCUT2D eigenvalue weighted by Crippen LogP contribution is -2.32. The second kappa shape index (κ2) is 7.76. The molecule has 1 aliphatic heterocycles. The number of hydrogen-bond donors (Lipinski definition) is 1. The molecule has 31 heavy (non-hydrogen) atoms. The van der Waals surface area contributed by atoms with Gasteiger partial charge in [0.1, 0.15) is 18.5 Å². The van der Waals surface area contributed by atoms with Crippen molar-refractivity contribution in [1.29, 1.82) is 0 Å². The fourth-order valence-electron chi connectivity index (χ4n) is 3.29. The van der Waals surface area contributed by atoms with Gasteiger partial charge in [-0.05, 0) is 19.1 Å². The summed E-state index contributed by atoms with van der Waals surface area (Å²) in [5.41, 5.74) is -1.21. The summed E-state index contributed by atoms with van der Waals surface area (Å²) in [5, 5.41) is 12.7. The highest BCUT2D eigenvalue weighted by atomic mass is 35.5. The number of hydrazone groups is 1. The van der Waals surface area contributed by atoms with Gasteiger partial charge in [0.15, 0.2) is 11.7 Å². The topological polar surface area (TPSA) is 101 Å². The van der Waals surface area contributed by atoms with E-state index in [-0.39, 0.29) is 34.1 Å². The molecular weight excluding hydrogens is 437 g/mol. The zero-order valence-corrected chi connectivity index (χ0v) is 17.1. The Kier molecular flexibility index (Phi) is 5.25. The molecule has 1 amide bonds. The van der Waals surface area contributed by atoms with Gasteiger partial charge in [-0.15, -0.1) is 0 Å². The molecule has 0 spiro atoms. The van der Waals surface area contributed by atoms with Crippen LogP contribution in [0.4, 0.5) is 19.0 Å². The number of halogens is 4. The van der Waals surface area contributed by atoms with Gasteiger partial charge in [0.2, 0.25) is 5.91 Å². The van der Waals surface area contributed by atoms with Gasteiger partial charge in [-0.25, -0.2) is 20.0 Å². The first-order chi connectivity index (χ1) is 14.6. The maximum absolute atomic E-state index is 13.4. The normalized spacial score (nSPS) is 15.9. The average molecular weight is 453 g/mol. The van der Waals surface area contributed by atoms with Crippen molar-refractivity contribution in [2.75, 3.05) is 12.4 Å². The van der Waals surface area contributed by atoms with E-state index in [1.54, 1.807) is 14.0 Å². The number of benzene rings is 1. The van der Waals surface area contributed by atoms with E-state index in [9.17, 15) is 18.0 Å². The predicted molar refractivity (Wildman–Crippen MR) is 106 cm³/mol. The van der Waals surface area contributed by atoms with Crippen LogP contribution in [0.5, 0.6) is 0 Å². The van der Waals surface area contributed by atoms with E-state index in [1.165, 1.54) is 22.1 Å². The third-order valence-electron chi connectivity index (χ3n) is 4.76. The van der Waals surface area contributed by atoms with Crippen molar-refractivity contribution < 1.29 is 18.0 Å². The summed E-state index contributed by atoms with van der Waals surface area (Å²) >= 11 is 5.93. The summed E-state index contributed by atoms with van der Waals surface area (Å²) < 4.78 is 41.8. The van der Waals surface area contributed by atoms with Crippen molar-refractivity contribution in [3.8, 4) is 0 Å². The summed E-state index contributed by atoms with van der Waals surface area (Å²) in [6, 6.07) is 1.69. The highest BCUT2D eigenvalue weighted by Crippen LogP contribution is 2.38. The highest BCUT2D eigenvalue weighted by molar-refractivity contribution is 6.31. The van der Waals surface area contributed by atoms with Gasteiger partial charge in [0, 0.05) is 30.3 Å². The number of rotatable bonds is 3. The SMILES string of the molecule is C[C@H](Nc1ncnc2c(C(F)(F)F)cc(Cl)cc12)c1ncnn1C1=NN(C)C(=O)CC1. The smallest absolute Gasteiger partial charge is 0.360 e. The van der Waals surface area contributed by atoms with Crippen LogP contribution < -0.4 is 5.32 Å². The summed E-state index contributed by atoms with van der Waals surface area (Å²) in [5.74, 6) is 1.03. The monoisotopic (exact) mass is 452 g/mol. The van der Waals surface area contributed by atoms with Crippen molar-refractivity contribution >= 4 is 40.1 Å². The number of aromatic nitrogens is 5. The van der Waals surface area contributed by atoms with Crippen molar-refractivity contribution in [2.24, 2.45) is 5.10 Å². The van der Waals surface area contributed by atoms with Crippen LogP contribution in [0.15, 0.2) is 29.9 Å². The van der Waals surface area contributed by atoms with Crippen molar-refractivity contribution in [2.45, 2.75) is 32.0 Å². The van der Waals surface area contributed by atoms with Crippen molar-refractivity contribution in [1.82, 2.24) is 29.7 Å². The van der Waals surface area contributed by atoms with Gasteiger partial charge < -0.3 is 5.32 Å². The fraction of sp³-hybridized carbons (Fsp3) is 0.333. The molecule has 2 aromatic heterocycles. The zero-order valence-electron chi connectivity index (χ0n) is 16.4. The van der Waals surface area contributed by atoms with E-state index in [0.717, 1.165) is 12.4 Å². The summed E-state index contributed by atoms with van der Waals surface area (Å²) in [6.07, 6.45) is -1.57. The lowest BCUT2D eigenvalue weighted by Gasteiger charge is -2.22. The minimum atomic E-state index is -4.62. The van der Waals surface area contributed by atoms with Gasteiger partial charge in [-0.1, -0.05) is 11.6 Å². The largest absolute Gasteiger partial charge is 0.418 e. The molecule has 162 valence electrons. The number of carbonyl (C=O) groups is 1. The summed E-state index contributed by atoms with van der Waals surface area (Å²) in [7, 11) is 1.55. The van der Waals surface area contributed by atoms with Crippen molar-refractivity contribution in [3.05, 3.63) is 41.2 Å². The number of nitrogens with zero attached hydrogens (tertiary/aromatic N) is 7. The zero-order chi connectivity index (χ0) is 22.3. The molecule has 1 N–H and O–H groups in total. The number of hydrogen-bond acceptors (Lipinski definition) is 7. The van der Waals surface area contributed by atoms with E-state index in [1.807, 2.05) is 0 Å². The van der Waals surface area contributed by atoms with E-state index in [4.69, 9.17) is 11.6 Å². The standard InChI is InChI=1S/C18H16ClF3N8O/c1-9(17-25-8-26-30(17)13-3-4-14(31)29(2)28-13)27-16-11-5-10(19)6-12(18(20,21)22)15(11)23-7-24-16/h5-9H,3-4H2,1-2H3,(H,23,24,27)/t9-/m0/s1. The van der Waals surface area contributed by atoms with E-state index >= 15 is 0 Å². The Hall–Kier alpha value is -3.28. The average Bonchev–Trinajstić information content (AvgIpc) is 3.19. The molecule has 13 heteroatoms.